The first kappa shape index (κ1) is 22.6. The summed E-state index contributed by atoms with van der Waals surface area (Å²) in [5, 5.41) is 15.1. The first-order valence-corrected chi connectivity index (χ1v) is 12.2. The summed E-state index contributed by atoms with van der Waals surface area (Å²) in [6.45, 7) is 9.71. The van der Waals surface area contributed by atoms with Gasteiger partial charge in [0.1, 0.15) is 6.33 Å². The lowest BCUT2D eigenvalue weighted by atomic mass is 9.87. The molecular formula is C27H33N5O2. The smallest absolute Gasteiger partial charge is 0.225 e. The first-order chi connectivity index (χ1) is 16.3. The Morgan fingerprint density at radius 2 is 1.94 bits per heavy atom. The topological polar surface area (TPSA) is 86.5 Å². The fourth-order valence-electron chi connectivity index (χ4n) is 5.39. The number of hydrogen-bond acceptors (Lipinski definition) is 4. The number of likely N-dealkylation sites (tertiary alicyclic amines) is 1. The molecule has 5 rings (SSSR count). The van der Waals surface area contributed by atoms with Crippen molar-refractivity contribution in [2.75, 3.05) is 13.1 Å². The molecule has 0 radical (unpaired) electrons. The molecular weight excluding hydrogens is 426 g/mol. The third kappa shape index (κ3) is 4.09. The molecule has 2 N–H and O–H groups in total. The van der Waals surface area contributed by atoms with Gasteiger partial charge in [0.15, 0.2) is 5.65 Å². The average molecular weight is 460 g/mol. The number of H-pyrrole nitrogens is 1. The zero-order valence-electron chi connectivity index (χ0n) is 20.4. The number of rotatable bonds is 5. The second-order valence-electron chi connectivity index (χ2n) is 10.00. The van der Waals surface area contributed by atoms with Gasteiger partial charge in [-0.25, -0.2) is 9.50 Å². The minimum Gasteiger partial charge on any atom is -0.393 e. The largest absolute Gasteiger partial charge is 0.393 e. The van der Waals surface area contributed by atoms with Crippen LogP contribution in [0.15, 0.2) is 36.7 Å². The number of aliphatic hydroxyl groups excluding tert-OH is 1. The summed E-state index contributed by atoms with van der Waals surface area (Å²) in [7, 11) is 0. The molecule has 7 nitrogen and oxygen atoms in total. The van der Waals surface area contributed by atoms with E-state index in [0.29, 0.717) is 11.8 Å². The molecule has 3 aromatic heterocycles. The van der Waals surface area contributed by atoms with Crippen LogP contribution in [0.5, 0.6) is 0 Å². The molecule has 4 aromatic rings. The highest BCUT2D eigenvalue weighted by atomic mass is 16.3. The second-order valence-corrected chi connectivity index (χ2v) is 10.00. The molecule has 1 aromatic carbocycles. The van der Waals surface area contributed by atoms with E-state index in [9.17, 15) is 9.90 Å². The van der Waals surface area contributed by atoms with Crippen molar-refractivity contribution in [1.29, 1.82) is 0 Å². The van der Waals surface area contributed by atoms with E-state index in [4.69, 9.17) is 0 Å². The summed E-state index contributed by atoms with van der Waals surface area (Å²) in [6, 6.07) is 11.0. The Hall–Kier alpha value is -3.19. The molecule has 1 amide bonds. The normalized spacial score (nSPS) is 16.1. The summed E-state index contributed by atoms with van der Waals surface area (Å²) < 4.78 is 1.86. The molecule has 34 heavy (non-hydrogen) atoms. The molecule has 7 heteroatoms. The maximum absolute atomic E-state index is 12.3. The lowest BCUT2D eigenvalue weighted by Gasteiger charge is -2.32. The third-order valence-corrected chi connectivity index (χ3v) is 7.08. The van der Waals surface area contributed by atoms with Crippen LogP contribution < -0.4 is 0 Å². The van der Waals surface area contributed by atoms with Gasteiger partial charge >= 0.3 is 0 Å². The van der Waals surface area contributed by atoms with Gasteiger partial charge in [-0.15, -0.1) is 0 Å². The number of aromatic amines is 1. The molecule has 1 fully saturated rings. The monoisotopic (exact) mass is 459 g/mol. The van der Waals surface area contributed by atoms with Crippen LogP contribution in [-0.2, 0) is 4.79 Å². The van der Waals surface area contributed by atoms with E-state index in [2.05, 4.69) is 66.2 Å². The Kier molecular flexibility index (Phi) is 5.90. The minimum absolute atomic E-state index is 0.0567. The maximum Gasteiger partial charge on any atom is 0.225 e. The Bertz CT molecular complexity index is 1340. The van der Waals surface area contributed by atoms with Gasteiger partial charge in [0, 0.05) is 35.2 Å². The zero-order valence-corrected chi connectivity index (χ0v) is 20.4. The quantitative estimate of drug-likeness (QED) is 0.449. The Morgan fingerprint density at radius 3 is 2.65 bits per heavy atom. The molecule has 0 aliphatic carbocycles. The number of carbonyl (C=O) groups is 1. The SMILES string of the molecule is Cc1cc(-c2[nH]c3ccc(C4CCN(C(=O)C[C@H](C)O)CC4)cc3c2C(C)C)cc2ncnn12. The average Bonchev–Trinajstić information content (AvgIpc) is 3.43. The van der Waals surface area contributed by atoms with Crippen LogP contribution in [0.1, 0.15) is 68.7 Å². The number of nitrogens with one attached hydrogen (secondary N) is 1. The standard InChI is InChI=1S/C27H33N5O2/c1-16(2)26-22-13-20(19-7-9-31(10-8-19)25(34)12-18(4)33)5-6-23(22)30-27(26)21-11-17(3)32-24(14-21)28-15-29-32/h5-6,11,13-16,18-19,30,33H,7-10,12H2,1-4H3/t18-/m0/s1. The van der Waals surface area contributed by atoms with Crippen molar-refractivity contribution in [3.8, 4) is 11.3 Å². The van der Waals surface area contributed by atoms with Crippen LogP contribution in [0, 0.1) is 6.92 Å². The molecule has 1 saturated heterocycles. The highest BCUT2D eigenvalue weighted by molar-refractivity contribution is 5.92. The van der Waals surface area contributed by atoms with Crippen LogP contribution >= 0.6 is 0 Å². The first-order valence-electron chi connectivity index (χ1n) is 12.2. The highest BCUT2D eigenvalue weighted by Gasteiger charge is 2.25. The number of pyridine rings is 1. The summed E-state index contributed by atoms with van der Waals surface area (Å²) in [5.41, 5.74) is 7.98. The van der Waals surface area contributed by atoms with Crippen LogP contribution in [0.2, 0.25) is 0 Å². The van der Waals surface area contributed by atoms with E-state index >= 15 is 0 Å². The van der Waals surface area contributed by atoms with Crippen molar-refractivity contribution < 1.29 is 9.90 Å². The van der Waals surface area contributed by atoms with E-state index in [-0.39, 0.29) is 12.3 Å². The molecule has 1 aliphatic rings. The van der Waals surface area contributed by atoms with Crippen LogP contribution in [0.4, 0.5) is 0 Å². The van der Waals surface area contributed by atoms with Gasteiger partial charge in [-0.1, -0.05) is 19.9 Å². The lowest BCUT2D eigenvalue weighted by molar-refractivity contribution is -0.134. The molecule has 1 aliphatic heterocycles. The van der Waals surface area contributed by atoms with E-state index in [1.54, 1.807) is 13.3 Å². The zero-order chi connectivity index (χ0) is 24.0. The predicted octanol–water partition coefficient (Wildman–Crippen LogP) is 4.79. The van der Waals surface area contributed by atoms with E-state index < -0.39 is 6.10 Å². The summed E-state index contributed by atoms with van der Waals surface area (Å²) in [6.07, 6.45) is 3.12. The summed E-state index contributed by atoms with van der Waals surface area (Å²) >= 11 is 0. The fourth-order valence-corrected chi connectivity index (χ4v) is 5.39. The molecule has 4 heterocycles. The number of aryl methyl sites for hydroxylation is 1. The van der Waals surface area contributed by atoms with Crippen LogP contribution in [0.25, 0.3) is 27.8 Å². The third-order valence-electron chi connectivity index (χ3n) is 7.08. The van der Waals surface area contributed by atoms with Crippen LogP contribution in [0.3, 0.4) is 0 Å². The van der Waals surface area contributed by atoms with Gasteiger partial charge in [0.2, 0.25) is 5.91 Å². The molecule has 0 spiro atoms. The van der Waals surface area contributed by atoms with Gasteiger partial charge in [-0.05, 0) is 73.9 Å². The predicted molar refractivity (Wildman–Crippen MR) is 134 cm³/mol. The number of amides is 1. The molecule has 0 bridgehead atoms. The van der Waals surface area contributed by atoms with Gasteiger partial charge < -0.3 is 15.0 Å². The highest BCUT2D eigenvalue weighted by Crippen LogP contribution is 2.38. The molecule has 178 valence electrons. The van der Waals surface area contributed by atoms with Gasteiger partial charge in [-0.3, -0.25) is 4.79 Å². The van der Waals surface area contributed by atoms with E-state index in [1.807, 2.05) is 9.42 Å². The Morgan fingerprint density at radius 1 is 1.18 bits per heavy atom. The van der Waals surface area contributed by atoms with Crippen molar-refractivity contribution in [3.05, 3.63) is 53.5 Å². The number of aliphatic hydroxyl groups is 1. The van der Waals surface area contributed by atoms with Crippen molar-refractivity contribution in [1.82, 2.24) is 24.5 Å². The number of piperidine rings is 1. The molecule has 1 atom stereocenters. The summed E-state index contributed by atoms with van der Waals surface area (Å²) in [4.78, 5) is 22.3. The van der Waals surface area contributed by atoms with Crippen molar-refractivity contribution in [3.63, 3.8) is 0 Å². The number of hydrogen-bond donors (Lipinski definition) is 2. The van der Waals surface area contributed by atoms with Crippen molar-refractivity contribution in [2.24, 2.45) is 0 Å². The van der Waals surface area contributed by atoms with Gasteiger partial charge in [0.25, 0.3) is 0 Å². The van der Waals surface area contributed by atoms with Crippen LogP contribution in [-0.4, -0.2) is 54.7 Å². The maximum atomic E-state index is 12.3. The second kappa shape index (κ2) is 8.87. The van der Waals surface area contributed by atoms with E-state index in [1.165, 1.54) is 16.5 Å². The minimum atomic E-state index is -0.584. The number of benzene rings is 1. The lowest BCUT2D eigenvalue weighted by Crippen LogP contribution is -2.39. The Labute approximate surface area is 199 Å². The number of carbonyl (C=O) groups excluding carboxylic acids is 1. The molecule has 0 saturated carbocycles. The van der Waals surface area contributed by atoms with Gasteiger partial charge in [0.05, 0.1) is 18.2 Å². The number of fused-ring (bicyclic) bond motifs is 2. The van der Waals surface area contributed by atoms with Gasteiger partial charge in [-0.2, -0.15) is 5.10 Å². The Balaban J connectivity index is 1.47. The number of nitrogens with zero attached hydrogens (tertiary/aromatic N) is 4. The number of aromatic nitrogens is 4. The van der Waals surface area contributed by atoms with Crippen molar-refractivity contribution >= 4 is 22.5 Å². The fraction of sp³-hybridized carbons (Fsp3) is 0.444. The summed E-state index contributed by atoms with van der Waals surface area (Å²) in [5.74, 6) is 0.850. The van der Waals surface area contributed by atoms with Crippen molar-refractivity contribution in [2.45, 2.75) is 64.9 Å². The molecule has 0 unspecified atom stereocenters. The van der Waals surface area contributed by atoms with E-state index in [0.717, 1.165) is 54.0 Å².